The summed E-state index contributed by atoms with van der Waals surface area (Å²) in [7, 11) is 0. The highest BCUT2D eigenvalue weighted by molar-refractivity contribution is 6.18. The third kappa shape index (κ3) is 6.13. The number of hydrogen-bond acceptors (Lipinski definition) is 3. The number of hydrogen-bond donors (Lipinski definition) is 0. The summed E-state index contributed by atoms with van der Waals surface area (Å²) in [6, 6.07) is 57.5. The van der Waals surface area contributed by atoms with Gasteiger partial charge in [-0.3, -0.25) is 13.7 Å². The fraction of sp³-hybridized carbons (Fsp3) is 0.0625. The van der Waals surface area contributed by atoms with Crippen LogP contribution in [-0.4, -0.2) is 14.1 Å². The zero-order chi connectivity index (χ0) is 51.0. The smallest absolute Gasteiger partial charge is 0.269 e. The Balaban J connectivity index is 1.01. The van der Waals surface area contributed by atoms with Crippen LogP contribution in [0.5, 0.6) is 11.5 Å². The molecule has 0 saturated carbocycles. The van der Waals surface area contributed by atoms with Crippen LogP contribution in [0.2, 0.25) is 0 Å². The van der Waals surface area contributed by atoms with Gasteiger partial charge in [0.15, 0.2) is 0 Å². The van der Waals surface area contributed by atoms with Crippen LogP contribution < -0.4 is 9.30 Å². The number of aromatic nitrogens is 4. The van der Waals surface area contributed by atoms with E-state index in [2.05, 4.69) is 141 Å². The zero-order valence-corrected chi connectivity index (χ0v) is 38.4. The summed E-state index contributed by atoms with van der Waals surface area (Å²) in [6.45, 7) is 6.63. The first kappa shape index (κ1) is 35.2. The van der Waals surface area contributed by atoms with E-state index >= 15 is 0 Å². The van der Waals surface area contributed by atoms with Gasteiger partial charge in [0.05, 0.1) is 40.3 Å². The minimum Gasteiger partial charge on any atom is -0.458 e. The topological polar surface area (TPSA) is 49.0 Å². The van der Waals surface area contributed by atoms with Crippen molar-refractivity contribution in [2.24, 2.45) is 0 Å². The van der Waals surface area contributed by atoms with E-state index in [1.54, 1.807) is 0 Å². The van der Waals surface area contributed by atoms with E-state index in [9.17, 15) is 2.74 Å². The molecule has 9 aromatic carbocycles. The van der Waals surface area contributed by atoms with Gasteiger partial charge in [-0.1, -0.05) is 160 Å². The van der Waals surface area contributed by atoms with Gasteiger partial charge >= 0.3 is 0 Å². The summed E-state index contributed by atoms with van der Waals surface area (Å²) in [5, 5.41) is 4.04. The lowest BCUT2D eigenvalue weighted by Gasteiger charge is -2.20. The molecule has 70 heavy (non-hydrogen) atoms. The molecule has 4 aromatic heterocycles. The second-order valence-corrected chi connectivity index (χ2v) is 18.9. The van der Waals surface area contributed by atoms with Crippen LogP contribution in [0.15, 0.2) is 217 Å². The van der Waals surface area contributed by atoms with Gasteiger partial charge < -0.3 is 9.15 Å². The first-order valence-corrected chi connectivity index (χ1v) is 23.5. The molecule has 5 heterocycles. The summed E-state index contributed by atoms with van der Waals surface area (Å²) >= 11 is 0. The zero-order valence-electron chi connectivity index (χ0n) is 43.4. The van der Waals surface area contributed by atoms with Gasteiger partial charge in [-0.15, -0.1) is 0 Å². The summed E-state index contributed by atoms with van der Waals surface area (Å²) in [5.74, 6) is 2.09. The number of imidazole rings is 1. The van der Waals surface area contributed by atoms with E-state index in [0.29, 0.717) is 28.3 Å². The number of rotatable bonds is 5. The molecule has 0 unspecified atom stereocenters. The van der Waals surface area contributed by atoms with Crippen molar-refractivity contribution in [2.75, 3.05) is 0 Å². The van der Waals surface area contributed by atoms with Crippen LogP contribution in [0, 0.1) is 6.33 Å². The molecule has 0 bridgehead atoms. The highest BCUT2D eigenvalue weighted by Crippen LogP contribution is 2.49. The number of fused-ring (bicyclic) bond motifs is 14. The van der Waals surface area contributed by atoms with Crippen LogP contribution in [0.1, 0.15) is 33.2 Å². The van der Waals surface area contributed by atoms with E-state index in [-0.39, 0.29) is 23.1 Å². The lowest BCUT2D eigenvalue weighted by molar-refractivity contribution is -0.570. The average molecular weight is 906 g/mol. The van der Waals surface area contributed by atoms with Gasteiger partial charge in [0, 0.05) is 33.8 Å². The molecular weight excluding hydrogens is 857 g/mol. The number of nitrogens with zero attached hydrogens (tertiary/aromatic N) is 4. The normalized spacial score (nSPS) is 13.2. The van der Waals surface area contributed by atoms with Gasteiger partial charge in [0.1, 0.15) is 28.5 Å². The number of pyridine rings is 1. The third-order valence-corrected chi connectivity index (χ3v) is 13.8. The molecule has 0 amide bonds. The molecule has 0 spiro atoms. The van der Waals surface area contributed by atoms with Gasteiger partial charge in [-0.25, -0.2) is 4.98 Å². The van der Waals surface area contributed by atoms with E-state index in [1.165, 1.54) is 5.56 Å². The summed E-state index contributed by atoms with van der Waals surface area (Å²) < 4.78 is 64.7. The Bertz CT molecular complexity index is 4550. The number of para-hydroxylation sites is 4. The molecule has 332 valence electrons. The quantitative estimate of drug-likeness (QED) is 0.128. The summed E-state index contributed by atoms with van der Waals surface area (Å²) in [6.07, 6.45) is 5.68. The van der Waals surface area contributed by atoms with Gasteiger partial charge in [-0.05, 0) is 116 Å². The first-order chi connectivity index (χ1) is 36.4. The van der Waals surface area contributed by atoms with Crippen molar-refractivity contribution in [3.63, 3.8) is 0 Å². The SMILES string of the molecule is [2H]c1c([2H])c([2H])c(-c2cccc3c2-[n+]2[c-]n(-c4cccc(Oc5ccc6c7ccccc7n(-c7cc(C(C)(C)C)ccn7)c6c5)c4)c4cccc(c42)-c2ccccc2-c2ccc4oc5ccccc5c4c2-3)c([2H])c1[2H]. The highest BCUT2D eigenvalue weighted by Gasteiger charge is 2.29. The Morgan fingerprint density at radius 2 is 1.27 bits per heavy atom. The lowest BCUT2D eigenvalue weighted by atomic mass is 9.86. The summed E-state index contributed by atoms with van der Waals surface area (Å²) in [5.41, 5.74) is 13.6. The van der Waals surface area contributed by atoms with Crippen LogP contribution in [-0.2, 0) is 5.41 Å². The third-order valence-electron chi connectivity index (χ3n) is 13.8. The van der Waals surface area contributed by atoms with E-state index in [4.69, 9.17) is 18.3 Å². The predicted octanol–water partition coefficient (Wildman–Crippen LogP) is 16.2. The second-order valence-electron chi connectivity index (χ2n) is 18.9. The lowest BCUT2D eigenvalue weighted by Crippen LogP contribution is -2.32. The Labute approximate surface area is 411 Å². The molecule has 0 atom stereocenters. The van der Waals surface area contributed by atoms with E-state index < -0.39 is 18.1 Å². The standard InChI is InChI=1S/C64H44N4O2/c1-64(2,3)41-34-35-65-59(36-41)68-54-27-11-9-22-48(54)49-31-30-44(38-56(49)68)69-43-19-13-18-42(37-43)66-39-67-62-45(40-16-5-4-6-17-40)24-14-26-53(62)60-50(32-33-58-61(60)52-23-10-12-29-57(52)70-58)46-20-7-8-21-47(46)51-25-15-28-55(66)63(51)67/h4-38H,1-3H3/i4D,5D,6D,16D,17D. The fourth-order valence-electron chi connectivity index (χ4n) is 10.7. The molecule has 6 heteroatoms. The maximum atomic E-state index is 9.37. The number of ether oxygens (including phenoxy) is 1. The maximum Gasteiger partial charge on any atom is 0.269 e. The maximum absolute atomic E-state index is 9.37. The molecule has 14 rings (SSSR count). The summed E-state index contributed by atoms with van der Waals surface area (Å²) in [4.78, 5) is 4.89. The molecule has 0 saturated heterocycles. The fourth-order valence-corrected chi connectivity index (χ4v) is 10.7. The number of furan rings is 1. The van der Waals surface area contributed by atoms with E-state index in [0.717, 1.165) is 94.1 Å². The van der Waals surface area contributed by atoms with Gasteiger partial charge in [0.2, 0.25) is 0 Å². The van der Waals surface area contributed by atoms with Crippen LogP contribution >= 0.6 is 0 Å². The minimum atomic E-state index is -0.456. The molecule has 1 aliphatic rings. The molecule has 0 N–H and O–H groups in total. The van der Waals surface area contributed by atoms with Crippen molar-refractivity contribution >= 4 is 54.8 Å². The predicted molar refractivity (Wildman–Crippen MR) is 284 cm³/mol. The first-order valence-electron chi connectivity index (χ1n) is 26.0. The largest absolute Gasteiger partial charge is 0.458 e. The van der Waals surface area contributed by atoms with Crippen molar-refractivity contribution in [3.8, 4) is 73.2 Å². The minimum absolute atomic E-state index is 0.0666. The Morgan fingerprint density at radius 1 is 0.571 bits per heavy atom. The molecule has 0 fully saturated rings. The van der Waals surface area contributed by atoms with Gasteiger partial charge in [-0.2, -0.15) is 0 Å². The Kier molecular flexibility index (Phi) is 7.67. The second kappa shape index (κ2) is 15.3. The molecule has 0 radical (unpaired) electrons. The molecule has 6 nitrogen and oxygen atoms in total. The van der Waals surface area contributed by atoms with Crippen molar-refractivity contribution in [1.82, 2.24) is 14.1 Å². The van der Waals surface area contributed by atoms with Gasteiger partial charge in [0.25, 0.3) is 6.33 Å². The van der Waals surface area contributed by atoms with E-state index in [1.807, 2.05) is 82.1 Å². The van der Waals surface area contributed by atoms with Crippen LogP contribution in [0.4, 0.5) is 0 Å². The van der Waals surface area contributed by atoms with Crippen LogP contribution in [0.25, 0.3) is 116 Å². The Hall–Kier alpha value is -9.00. The average Bonchev–Trinajstić information content (AvgIpc) is 4.16. The molecular formula is C64H44N4O2. The molecule has 0 aliphatic carbocycles. The number of benzene rings is 9. The van der Waals surface area contributed by atoms with Crippen molar-refractivity contribution < 1.29 is 20.6 Å². The van der Waals surface area contributed by atoms with Crippen molar-refractivity contribution in [3.05, 3.63) is 224 Å². The van der Waals surface area contributed by atoms with Crippen molar-refractivity contribution in [2.45, 2.75) is 26.2 Å². The highest BCUT2D eigenvalue weighted by atomic mass is 16.5. The molecule has 13 aromatic rings. The van der Waals surface area contributed by atoms with Crippen molar-refractivity contribution in [1.29, 1.82) is 0 Å². The monoisotopic (exact) mass is 905 g/mol. The van der Waals surface area contributed by atoms with Crippen LogP contribution in [0.3, 0.4) is 0 Å². The molecule has 1 aliphatic heterocycles. The Morgan fingerprint density at radius 3 is 2.14 bits per heavy atom.